The van der Waals surface area contributed by atoms with Crippen LogP contribution < -0.4 is 19.1 Å². The molecule has 4 aliphatic rings. The van der Waals surface area contributed by atoms with Gasteiger partial charge in [-0.3, -0.25) is 9.80 Å². The lowest BCUT2D eigenvalue weighted by atomic mass is 9.94. The Morgan fingerprint density at radius 1 is 0.930 bits per heavy atom. The molecule has 4 aromatic rings. The van der Waals surface area contributed by atoms with Crippen LogP contribution in [0.3, 0.4) is 0 Å². The van der Waals surface area contributed by atoms with Crippen molar-refractivity contribution in [2.75, 3.05) is 65.5 Å². The van der Waals surface area contributed by atoms with E-state index in [9.17, 15) is 9.18 Å². The molecule has 0 aliphatic carbocycles. The Labute approximate surface area is 327 Å². The van der Waals surface area contributed by atoms with Crippen LogP contribution in [0.2, 0.25) is 0 Å². The van der Waals surface area contributed by atoms with Crippen molar-refractivity contribution >= 4 is 33.6 Å². The van der Waals surface area contributed by atoms with Crippen molar-refractivity contribution in [1.82, 2.24) is 19.8 Å². The Hall–Kier alpha value is -4.67. The third kappa shape index (κ3) is 7.24. The fourth-order valence-corrected chi connectivity index (χ4v) is 9.12. The predicted molar refractivity (Wildman–Crippen MR) is 203 cm³/mol. The molecule has 2 bridgehead atoms. The van der Waals surface area contributed by atoms with Gasteiger partial charge in [0.05, 0.1) is 28.6 Å². The topological polar surface area (TPSA) is 108 Å². The number of halogens is 4. The van der Waals surface area contributed by atoms with Gasteiger partial charge < -0.3 is 33.3 Å². The predicted octanol–water partition coefficient (Wildman–Crippen LogP) is 7.38. The first-order valence-corrected chi connectivity index (χ1v) is 19.3. The highest BCUT2D eigenvalue weighted by Crippen LogP contribution is 2.48. The van der Waals surface area contributed by atoms with Gasteiger partial charge in [0.2, 0.25) is 0 Å². The van der Waals surface area contributed by atoms with Gasteiger partial charge in [0.15, 0.2) is 31.0 Å². The van der Waals surface area contributed by atoms with Gasteiger partial charge in [0.1, 0.15) is 41.3 Å². The molecule has 306 valence electrons. The molecule has 0 saturated carbocycles. The van der Waals surface area contributed by atoms with E-state index >= 15 is 13.2 Å². The normalized spacial score (nSPS) is 23.4. The zero-order chi connectivity index (χ0) is 40.2. The van der Waals surface area contributed by atoms with E-state index in [0.29, 0.717) is 31.2 Å². The maximum atomic E-state index is 17.7. The highest BCUT2D eigenvalue weighted by Gasteiger charge is 2.50. The molecule has 12 nitrogen and oxygen atoms in total. The van der Waals surface area contributed by atoms with Gasteiger partial charge in [-0.05, 0) is 76.6 Å². The van der Waals surface area contributed by atoms with Crippen molar-refractivity contribution in [2.45, 2.75) is 82.3 Å². The van der Waals surface area contributed by atoms with E-state index in [1.807, 2.05) is 4.90 Å². The van der Waals surface area contributed by atoms with Crippen LogP contribution in [0, 0.1) is 17.5 Å². The summed E-state index contributed by atoms with van der Waals surface area (Å²) in [5, 5.41) is 0.0528. The summed E-state index contributed by atoms with van der Waals surface area (Å²) in [6.45, 7) is 6.29. The lowest BCUT2D eigenvalue weighted by Crippen LogP contribution is -2.57. The third-order valence-corrected chi connectivity index (χ3v) is 11.4. The van der Waals surface area contributed by atoms with Gasteiger partial charge >= 0.3 is 12.1 Å². The summed E-state index contributed by atoms with van der Waals surface area (Å²) in [4.78, 5) is 28.2. The van der Waals surface area contributed by atoms with Crippen LogP contribution in [-0.2, 0) is 14.2 Å². The number of amides is 1. The molecule has 4 aliphatic heterocycles. The summed E-state index contributed by atoms with van der Waals surface area (Å²) in [7, 11) is 2.77. The largest absolute Gasteiger partial charge is 0.468 e. The fraction of sp³-hybridized carbons (Fsp3) is 0.537. The minimum Gasteiger partial charge on any atom is -0.468 e. The van der Waals surface area contributed by atoms with Crippen molar-refractivity contribution in [2.24, 2.45) is 0 Å². The van der Waals surface area contributed by atoms with Crippen LogP contribution in [0.5, 0.6) is 17.5 Å². The number of carbonyl (C=O) groups is 1. The molecule has 8 rings (SSSR count). The van der Waals surface area contributed by atoms with Crippen LogP contribution in [0.1, 0.15) is 52.9 Å². The maximum absolute atomic E-state index is 17.7. The van der Waals surface area contributed by atoms with Gasteiger partial charge in [-0.1, -0.05) is 12.1 Å². The molecule has 57 heavy (non-hydrogen) atoms. The standard InChI is InChI=1S/C41H47F4N5O7/c1-40(2,3)57-39(51)50-25-10-11-26(50)19-48(18-25)37-32-34(45)36(56-22-53-5)31(28-15-27(55-21-52-4)14-23-8-6-9-29(43)30(23)28)33(44)35(32)46-38(47-37)54-20-41-12-7-13-49(41)17-24(42)16-41/h6,8-9,14-15,24-26H,7,10-13,16-22H2,1-5H3/t24-,25?,26?,41+/m1/s1. The van der Waals surface area contributed by atoms with E-state index in [4.69, 9.17) is 33.4 Å². The monoisotopic (exact) mass is 797 g/mol. The molecular weight excluding hydrogens is 750 g/mol. The van der Waals surface area contributed by atoms with Crippen molar-refractivity contribution in [3.05, 3.63) is 47.8 Å². The van der Waals surface area contributed by atoms with E-state index in [-0.39, 0.29) is 78.9 Å². The van der Waals surface area contributed by atoms with Crippen LogP contribution in [0.25, 0.3) is 32.8 Å². The highest BCUT2D eigenvalue weighted by molar-refractivity contribution is 6.04. The number of ether oxygens (including phenoxy) is 6. The first kappa shape index (κ1) is 39.2. The number of carbonyl (C=O) groups excluding carboxylic acids is 1. The molecule has 0 N–H and O–H groups in total. The Bertz CT molecular complexity index is 2180. The summed E-state index contributed by atoms with van der Waals surface area (Å²) in [5.74, 6) is -3.04. The molecule has 3 aromatic carbocycles. The molecule has 1 aromatic heterocycles. The molecule has 4 saturated heterocycles. The minimum absolute atomic E-state index is 0.00906. The SMILES string of the molecule is COCOc1cc(-c2c(OCOC)c(F)c3c(N4CC5CCC(C4)N5C(=O)OC(C)(C)C)nc(OC[C@@]45CCCN4C[C@H](F)C5)nc3c2F)c2c(F)cccc2c1. The zero-order valence-electron chi connectivity index (χ0n) is 32.7. The Morgan fingerprint density at radius 2 is 1.67 bits per heavy atom. The Kier molecular flexibility index (Phi) is 10.5. The molecule has 0 spiro atoms. The summed E-state index contributed by atoms with van der Waals surface area (Å²) >= 11 is 0. The van der Waals surface area contributed by atoms with Gasteiger partial charge in [0, 0.05) is 51.2 Å². The number of hydrogen-bond donors (Lipinski definition) is 0. The van der Waals surface area contributed by atoms with Gasteiger partial charge in [0.25, 0.3) is 0 Å². The molecular formula is C41H47F4N5O7. The quantitative estimate of drug-likeness (QED) is 0.112. The number of methoxy groups -OCH3 is 2. The number of piperazine rings is 1. The van der Waals surface area contributed by atoms with Crippen LogP contribution in [-0.4, -0.2) is 116 Å². The summed E-state index contributed by atoms with van der Waals surface area (Å²) in [5.41, 5.74) is -2.20. The third-order valence-electron chi connectivity index (χ3n) is 11.4. The Morgan fingerprint density at radius 3 is 2.39 bits per heavy atom. The van der Waals surface area contributed by atoms with Crippen molar-refractivity contribution < 1.29 is 50.8 Å². The molecule has 5 heterocycles. The number of rotatable bonds is 11. The number of aromatic nitrogens is 2. The minimum atomic E-state index is -1.03. The van der Waals surface area contributed by atoms with Crippen LogP contribution in [0.15, 0.2) is 30.3 Å². The van der Waals surface area contributed by atoms with Crippen LogP contribution >= 0.6 is 0 Å². The van der Waals surface area contributed by atoms with E-state index in [0.717, 1.165) is 13.0 Å². The van der Waals surface area contributed by atoms with Gasteiger partial charge in [-0.15, -0.1) is 0 Å². The van der Waals surface area contributed by atoms with Crippen molar-refractivity contribution in [3.63, 3.8) is 0 Å². The molecule has 2 unspecified atom stereocenters. The van der Waals surface area contributed by atoms with Gasteiger partial charge in [-0.2, -0.15) is 9.97 Å². The second-order valence-electron chi connectivity index (χ2n) is 16.3. The number of fused-ring (bicyclic) bond motifs is 5. The second-order valence-corrected chi connectivity index (χ2v) is 16.3. The number of hydrogen-bond acceptors (Lipinski definition) is 11. The summed E-state index contributed by atoms with van der Waals surface area (Å²) < 4.78 is 99.6. The van der Waals surface area contributed by atoms with Gasteiger partial charge in [-0.25, -0.2) is 22.4 Å². The fourth-order valence-electron chi connectivity index (χ4n) is 9.12. The highest BCUT2D eigenvalue weighted by atomic mass is 19.1. The number of anilines is 1. The lowest BCUT2D eigenvalue weighted by molar-refractivity contribution is 0.0122. The lowest BCUT2D eigenvalue weighted by Gasteiger charge is -2.42. The average molecular weight is 798 g/mol. The molecule has 4 fully saturated rings. The first-order chi connectivity index (χ1) is 27.3. The number of nitrogens with zero attached hydrogens (tertiary/aromatic N) is 5. The van der Waals surface area contributed by atoms with E-state index in [2.05, 4.69) is 9.88 Å². The number of benzene rings is 3. The summed E-state index contributed by atoms with van der Waals surface area (Å²) in [6, 6.07) is 6.47. The maximum Gasteiger partial charge on any atom is 0.410 e. The van der Waals surface area contributed by atoms with Crippen LogP contribution in [0.4, 0.5) is 28.2 Å². The van der Waals surface area contributed by atoms with E-state index < -0.39 is 64.5 Å². The number of alkyl halides is 1. The average Bonchev–Trinajstić information content (AvgIpc) is 3.79. The molecule has 1 amide bonds. The molecule has 0 radical (unpaired) electrons. The summed E-state index contributed by atoms with van der Waals surface area (Å²) in [6.07, 6.45) is 1.72. The second kappa shape index (κ2) is 15.3. The van der Waals surface area contributed by atoms with Crippen molar-refractivity contribution in [3.8, 4) is 28.6 Å². The first-order valence-electron chi connectivity index (χ1n) is 19.3. The van der Waals surface area contributed by atoms with E-state index in [1.165, 1.54) is 32.4 Å². The molecule has 16 heteroatoms. The Balaban J connectivity index is 1.31. The van der Waals surface area contributed by atoms with Crippen molar-refractivity contribution in [1.29, 1.82) is 0 Å². The molecule has 4 atom stereocenters. The smallest absolute Gasteiger partial charge is 0.410 e. The van der Waals surface area contributed by atoms with E-state index in [1.54, 1.807) is 37.8 Å². The zero-order valence-corrected chi connectivity index (χ0v) is 32.7.